The predicted molar refractivity (Wildman–Crippen MR) is 160 cm³/mol. The van der Waals surface area contributed by atoms with E-state index < -0.39 is 5.82 Å². The number of carbonyl (C=O) groups is 1. The standard InChI is InChI=1S/C29H34FN7O4S/c1-3-27(37-9-7-36(8-10-37)11-12-38)41-25-16-23-22(15-24(25)40-2)28(33-18-32-23)35-29-31-17-21(42-29)14-26(39)34-20-6-4-5-19(30)13-20/h4-6,13,15-18,27,38H,3,7-12,14H2,1-2H3,(H,34,39)(H,31,32,33,35). The van der Waals surface area contributed by atoms with Gasteiger partial charge in [0.25, 0.3) is 0 Å². The molecule has 0 radical (unpaired) electrons. The Bertz CT molecular complexity index is 1510. The number of hydrogen-bond acceptors (Lipinski definition) is 11. The first-order chi connectivity index (χ1) is 20.4. The quantitative estimate of drug-likeness (QED) is 0.222. The van der Waals surface area contributed by atoms with E-state index in [-0.39, 0.29) is 25.2 Å². The van der Waals surface area contributed by atoms with Crippen LogP contribution < -0.4 is 20.1 Å². The molecule has 11 nitrogen and oxygen atoms in total. The molecule has 3 heterocycles. The van der Waals surface area contributed by atoms with Gasteiger partial charge in [0, 0.05) is 60.9 Å². The lowest BCUT2D eigenvalue weighted by Crippen LogP contribution is -2.52. The molecule has 0 bridgehead atoms. The lowest BCUT2D eigenvalue weighted by atomic mass is 10.2. The van der Waals surface area contributed by atoms with E-state index in [1.165, 1.54) is 29.8 Å². The first-order valence-corrected chi connectivity index (χ1v) is 14.6. The zero-order chi connectivity index (χ0) is 29.5. The molecule has 13 heteroatoms. The maximum Gasteiger partial charge on any atom is 0.229 e. The number of hydrogen-bond donors (Lipinski definition) is 3. The highest BCUT2D eigenvalue weighted by atomic mass is 32.1. The first-order valence-electron chi connectivity index (χ1n) is 13.8. The van der Waals surface area contributed by atoms with Gasteiger partial charge in [-0.1, -0.05) is 13.0 Å². The molecule has 4 aromatic rings. The number of amides is 1. The number of carbonyl (C=O) groups excluding carboxylic acids is 1. The Labute approximate surface area is 247 Å². The van der Waals surface area contributed by atoms with Gasteiger partial charge in [-0.15, -0.1) is 11.3 Å². The second kappa shape index (κ2) is 13.8. The number of aliphatic hydroxyl groups excluding tert-OH is 1. The third-order valence-corrected chi connectivity index (χ3v) is 7.90. The van der Waals surface area contributed by atoms with E-state index in [1.54, 1.807) is 25.4 Å². The second-order valence-corrected chi connectivity index (χ2v) is 10.9. The Hall–Kier alpha value is -3.91. The van der Waals surface area contributed by atoms with Gasteiger partial charge in [-0.25, -0.2) is 19.3 Å². The lowest BCUT2D eigenvalue weighted by molar-refractivity contribution is -0.115. The van der Waals surface area contributed by atoms with Crippen molar-refractivity contribution in [3.63, 3.8) is 0 Å². The van der Waals surface area contributed by atoms with Crippen LogP contribution in [-0.4, -0.2) is 88.4 Å². The average Bonchev–Trinajstić information content (AvgIpc) is 3.42. The number of methoxy groups -OCH3 is 1. The van der Waals surface area contributed by atoms with Crippen LogP contribution in [0.3, 0.4) is 0 Å². The first kappa shape index (κ1) is 29.6. The zero-order valence-electron chi connectivity index (χ0n) is 23.5. The molecule has 42 heavy (non-hydrogen) atoms. The van der Waals surface area contributed by atoms with Crippen molar-refractivity contribution in [3.8, 4) is 11.5 Å². The summed E-state index contributed by atoms with van der Waals surface area (Å²) >= 11 is 1.33. The number of nitrogens with one attached hydrogen (secondary N) is 2. The average molecular weight is 596 g/mol. The van der Waals surface area contributed by atoms with Crippen LogP contribution in [0.4, 0.5) is 21.0 Å². The second-order valence-electron chi connectivity index (χ2n) is 9.82. The smallest absolute Gasteiger partial charge is 0.229 e. The number of fused-ring (bicyclic) bond motifs is 1. The summed E-state index contributed by atoms with van der Waals surface area (Å²) < 4.78 is 25.6. The maximum absolute atomic E-state index is 13.4. The molecule has 0 spiro atoms. The lowest BCUT2D eigenvalue weighted by Gasteiger charge is -2.38. The minimum absolute atomic E-state index is 0.101. The molecule has 1 saturated heterocycles. The topological polar surface area (TPSA) is 125 Å². The summed E-state index contributed by atoms with van der Waals surface area (Å²) in [6.45, 7) is 6.42. The van der Waals surface area contributed by atoms with E-state index in [2.05, 4.69) is 42.3 Å². The van der Waals surface area contributed by atoms with Gasteiger partial charge in [0.15, 0.2) is 22.9 Å². The number of aromatic nitrogens is 3. The predicted octanol–water partition coefficient (Wildman–Crippen LogP) is 3.88. The van der Waals surface area contributed by atoms with E-state index in [0.717, 1.165) is 42.9 Å². The number of aliphatic hydroxyl groups is 1. The number of benzene rings is 2. The highest BCUT2D eigenvalue weighted by Gasteiger charge is 2.25. The van der Waals surface area contributed by atoms with Crippen LogP contribution in [0.2, 0.25) is 0 Å². The third kappa shape index (κ3) is 7.29. The molecule has 2 aromatic heterocycles. The minimum Gasteiger partial charge on any atom is -0.493 e. The van der Waals surface area contributed by atoms with Crippen molar-refractivity contribution in [2.75, 3.05) is 57.1 Å². The van der Waals surface area contributed by atoms with E-state index in [0.29, 0.717) is 40.2 Å². The van der Waals surface area contributed by atoms with Crippen molar-refractivity contribution < 1.29 is 23.8 Å². The summed E-state index contributed by atoms with van der Waals surface area (Å²) in [4.78, 5) is 31.0. The molecular weight excluding hydrogens is 561 g/mol. The van der Waals surface area contributed by atoms with Gasteiger partial charge >= 0.3 is 0 Å². The summed E-state index contributed by atoms with van der Waals surface area (Å²) in [5.41, 5.74) is 1.08. The third-order valence-electron chi connectivity index (χ3n) is 6.99. The Balaban J connectivity index is 1.27. The van der Waals surface area contributed by atoms with Gasteiger partial charge in [0.2, 0.25) is 5.91 Å². The summed E-state index contributed by atoms with van der Waals surface area (Å²) in [6.07, 6.45) is 3.87. The normalized spacial score (nSPS) is 15.0. The van der Waals surface area contributed by atoms with Crippen LogP contribution in [0.5, 0.6) is 11.5 Å². The van der Waals surface area contributed by atoms with Gasteiger partial charge in [0.05, 0.1) is 25.7 Å². The van der Waals surface area contributed by atoms with Crippen molar-refractivity contribution in [1.82, 2.24) is 24.8 Å². The molecular formula is C29H34FN7O4S. The van der Waals surface area contributed by atoms with Crippen molar-refractivity contribution in [2.24, 2.45) is 0 Å². The number of rotatable bonds is 12. The molecule has 1 fully saturated rings. The van der Waals surface area contributed by atoms with Gasteiger partial charge in [-0.3, -0.25) is 14.6 Å². The SMILES string of the molecule is CCC(Oc1cc2ncnc(Nc3ncc(CC(=O)Nc4cccc(F)c4)s3)c2cc1OC)N1CCN(CCO)CC1. The number of piperazine rings is 1. The highest BCUT2D eigenvalue weighted by Crippen LogP contribution is 2.36. The molecule has 1 unspecified atom stereocenters. The van der Waals surface area contributed by atoms with Crippen molar-refractivity contribution in [2.45, 2.75) is 26.0 Å². The highest BCUT2D eigenvalue weighted by molar-refractivity contribution is 7.15. The van der Waals surface area contributed by atoms with Gasteiger partial charge in [-0.05, 0) is 30.7 Å². The Morgan fingerprint density at radius 2 is 1.98 bits per heavy atom. The largest absolute Gasteiger partial charge is 0.493 e. The fourth-order valence-corrected chi connectivity index (χ4v) is 5.68. The van der Waals surface area contributed by atoms with Crippen LogP contribution in [0.15, 0.2) is 48.9 Å². The van der Waals surface area contributed by atoms with Crippen LogP contribution in [-0.2, 0) is 11.2 Å². The monoisotopic (exact) mass is 595 g/mol. The number of anilines is 3. The fraction of sp³-hybridized carbons (Fsp3) is 0.379. The van der Waals surface area contributed by atoms with Crippen LogP contribution >= 0.6 is 11.3 Å². The Kier molecular flexibility index (Phi) is 9.74. The fourth-order valence-electron chi connectivity index (χ4n) is 4.87. The van der Waals surface area contributed by atoms with E-state index in [9.17, 15) is 14.3 Å². The maximum atomic E-state index is 13.4. The van der Waals surface area contributed by atoms with Crippen molar-refractivity contribution in [3.05, 3.63) is 59.6 Å². The number of β-amino-alcohol motifs (C(OH)–C–C–N with tert-alkyl or cyclic N) is 1. The molecule has 1 aliphatic heterocycles. The van der Waals surface area contributed by atoms with E-state index >= 15 is 0 Å². The number of ether oxygens (including phenoxy) is 2. The minimum atomic E-state index is -0.414. The molecule has 5 rings (SSSR count). The van der Waals surface area contributed by atoms with Crippen LogP contribution in [0.25, 0.3) is 10.9 Å². The van der Waals surface area contributed by atoms with Crippen molar-refractivity contribution >= 4 is 44.8 Å². The van der Waals surface area contributed by atoms with Crippen LogP contribution in [0, 0.1) is 5.82 Å². The summed E-state index contributed by atoms with van der Waals surface area (Å²) in [7, 11) is 1.60. The Morgan fingerprint density at radius 3 is 2.71 bits per heavy atom. The molecule has 222 valence electrons. The zero-order valence-corrected chi connectivity index (χ0v) is 24.4. The molecule has 1 atom stereocenters. The molecule has 2 aromatic carbocycles. The van der Waals surface area contributed by atoms with Gasteiger partial charge in [0.1, 0.15) is 18.0 Å². The molecule has 0 saturated carbocycles. The molecule has 0 aliphatic carbocycles. The number of nitrogens with zero attached hydrogens (tertiary/aromatic N) is 5. The van der Waals surface area contributed by atoms with E-state index in [4.69, 9.17) is 9.47 Å². The van der Waals surface area contributed by atoms with E-state index in [1.807, 2.05) is 12.1 Å². The number of thiazole rings is 1. The molecule has 1 amide bonds. The summed E-state index contributed by atoms with van der Waals surface area (Å²) in [5.74, 6) is 1.02. The summed E-state index contributed by atoms with van der Waals surface area (Å²) in [6, 6.07) is 9.47. The Morgan fingerprint density at radius 1 is 1.14 bits per heavy atom. The van der Waals surface area contributed by atoms with Gasteiger partial charge in [-0.2, -0.15) is 0 Å². The summed E-state index contributed by atoms with van der Waals surface area (Å²) in [5, 5.41) is 16.5. The van der Waals surface area contributed by atoms with Crippen molar-refractivity contribution in [1.29, 1.82) is 0 Å². The van der Waals surface area contributed by atoms with Crippen LogP contribution in [0.1, 0.15) is 18.2 Å². The molecule has 1 aliphatic rings. The number of halogens is 1. The molecule has 3 N–H and O–H groups in total. The van der Waals surface area contributed by atoms with Gasteiger partial charge < -0.3 is 25.2 Å².